The van der Waals surface area contributed by atoms with Gasteiger partial charge in [-0.3, -0.25) is 0 Å². The Morgan fingerprint density at radius 3 is 3.07 bits per heavy atom. The Bertz CT molecular complexity index is 403. The van der Waals surface area contributed by atoms with Crippen molar-refractivity contribution >= 4 is 21.7 Å². The van der Waals surface area contributed by atoms with E-state index in [1.165, 1.54) is 0 Å². The Kier molecular flexibility index (Phi) is 3.28. The van der Waals surface area contributed by atoms with E-state index in [0.29, 0.717) is 6.04 Å². The maximum absolute atomic E-state index is 4.53. The summed E-state index contributed by atoms with van der Waals surface area (Å²) in [6.45, 7) is 5.29. The molecule has 2 aromatic rings. The van der Waals surface area contributed by atoms with Crippen LogP contribution in [-0.4, -0.2) is 22.6 Å². The maximum atomic E-state index is 4.53. The number of aromatic nitrogens is 2. The summed E-state index contributed by atoms with van der Waals surface area (Å²) in [5.74, 6) is 0. The molecule has 0 atom stereocenters. The zero-order valence-electron chi connectivity index (χ0n) is 9.03. The van der Waals surface area contributed by atoms with Gasteiger partial charge in [0.05, 0.1) is 5.01 Å². The number of fused-ring (bicyclic) bond motifs is 1. The van der Waals surface area contributed by atoms with E-state index in [9.17, 15) is 0 Å². The van der Waals surface area contributed by atoms with E-state index >= 15 is 0 Å². The van der Waals surface area contributed by atoms with Crippen LogP contribution >= 0.6 is 11.3 Å². The molecule has 0 aliphatic rings. The van der Waals surface area contributed by atoms with Gasteiger partial charge in [0.25, 0.3) is 0 Å². The van der Waals surface area contributed by atoms with Gasteiger partial charge in [0.2, 0.25) is 0 Å². The van der Waals surface area contributed by atoms with E-state index in [-0.39, 0.29) is 0 Å². The van der Waals surface area contributed by atoms with Crippen molar-refractivity contribution in [2.75, 3.05) is 6.54 Å². The van der Waals surface area contributed by atoms with E-state index < -0.39 is 0 Å². The number of pyridine rings is 1. The number of nitrogens with one attached hydrogen (secondary N) is 1. The van der Waals surface area contributed by atoms with Gasteiger partial charge in [0.15, 0.2) is 0 Å². The summed E-state index contributed by atoms with van der Waals surface area (Å²) in [6.07, 6.45) is 2.80. The van der Waals surface area contributed by atoms with Crippen molar-refractivity contribution in [1.82, 2.24) is 15.3 Å². The van der Waals surface area contributed by atoms with Crippen molar-refractivity contribution in [3.63, 3.8) is 0 Å². The Morgan fingerprint density at radius 2 is 2.33 bits per heavy atom. The number of hydrogen-bond acceptors (Lipinski definition) is 4. The fourth-order valence-corrected chi connectivity index (χ4v) is 2.29. The lowest BCUT2D eigenvalue weighted by Gasteiger charge is -2.05. The number of hydrogen-bond donors (Lipinski definition) is 1. The van der Waals surface area contributed by atoms with Gasteiger partial charge in [-0.05, 0) is 12.1 Å². The molecule has 0 saturated carbocycles. The highest BCUT2D eigenvalue weighted by atomic mass is 32.1. The molecule has 0 saturated heterocycles. The van der Waals surface area contributed by atoms with E-state index in [4.69, 9.17) is 0 Å². The van der Waals surface area contributed by atoms with Crippen molar-refractivity contribution in [3.8, 4) is 0 Å². The van der Waals surface area contributed by atoms with Gasteiger partial charge in [-0.25, -0.2) is 9.97 Å². The number of rotatable bonds is 4. The van der Waals surface area contributed by atoms with Gasteiger partial charge in [-0.15, -0.1) is 0 Å². The van der Waals surface area contributed by atoms with Crippen LogP contribution < -0.4 is 5.32 Å². The summed E-state index contributed by atoms with van der Waals surface area (Å²) in [7, 11) is 0. The van der Waals surface area contributed by atoms with Crippen molar-refractivity contribution in [1.29, 1.82) is 0 Å². The smallest absolute Gasteiger partial charge is 0.143 e. The third-order valence-corrected chi connectivity index (χ3v) is 3.14. The largest absolute Gasteiger partial charge is 0.314 e. The molecule has 2 heterocycles. The molecule has 2 rings (SSSR count). The molecule has 0 aromatic carbocycles. The van der Waals surface area contributed by atoms with Gasteiger partial charge in [0.1, 0.15) is 10.3 Å². The Morgan fingerprint density at radius 1 is 1.47 bits per heavy atom. The van der Waals surface area contributed by atoms with Crippen molar-refractivity contribution < 1.29 is 0 Å². The lowest BCUT2D eigenvalue weighted by atomic mass is 10.3. The molecule has 15 heavy (non-hydrogen) atoms. The normalized spacial score (nSPS) is 11.4. The van der Waals surface area contributed by atoms with E-state index in [1.807, 2.05) is 18.3 Å². The first-order valence-electron chi connectivity index (χ1n) is 5.19. The monoisotopic (exact) mass is 221 g/mol. The molecule has 0 spiro atoms. The standard InChI is InChI=1S/C11H15N3S/c1-8(2)12-7-5-10-14-9-4-3-6-13-11(9)15-10/h3-4,6,8,12H,5,7H2,1-2H3. The Labute approximate surface area is 93.6 Å². The van der Waals surface area contributed by atoms with Crippen LogP contribution in [-0.2, 0) is 6.42 Å². The molecule has 0 fully saturated rings. The molecule has 3 nitrogen and oxygen atoms in total. The first-order valence-corrected chi connectivity index (χ1v) is 6.01. The third kappa shape index (κ3) is 2.73. The van der Waals surface area contributed by atoms with Crippen LogP contribution in [0.15, 0.2) is 18.3 Å². The van der Waals surface area contributed by atoms with Gasteiger partial charge in [0, 0.05) is 25.2 Å². The molecule has 4 heteroatoms. The molecular formula is C11H15N3S. The summed E-state index contributed by atoms with van der Waals surface area (Å²) in [5, 5.41) is 4.55. The van der Waals surface area contributed by atoms with Crippen LogP contribution in [0.5, 0.6) is 0 Å². The highest BCUT2D eigenvalue weighted by Gasteiger charge is 2.03. The summed E-state index contributed by atoms with van der Waals surface area (Å²) in [5.41, 5.74) is 1.02. The average Bonchev–Trinajstić information content (AvgIpc) is 2.59. The summed E-state index contributed by atoms with van der Waals surface area (Å²) in [6, 6.07) is 4.48. The van der Waals surface area contributed by atoms with Crippen LogP contribution in [0, 0.1) is 0 Å². The van der Waals surface area contributed by atoms with Gasteiger partial charge in [-0.1, -0.05) is 25.2 Å². The van der Waals surface area contributed by atoms with E-state index in [0.717, 1.165) is 28.3 Å². The van der Waals surface area contributed by atoms with Crippen LogP contribution in [0.25, 0.3) is 10.3 Å². The third-order valence-electron chi connectivity index (χ3n) is 2.10. The fourth-order valence-electron chi connectivity index (χ4n) is 1.39. The minimum absolute atomic E-state index is 0.539. The highest BCUT2D eigenvalue weighted by Crippen LogP contribution is 2.19. The fraction of sp³-hybridized carbons (Fsp3) is 0.455. The van der Waals surface area contributed by atoms with Crippen LogP contribution in [0.3, 0.4) is 0 Å². The first kappa shape index (κ1) is 10.5. The summed E-state index contributed by atoms with van der Waals surface area (Å²) in [4.78, 5) is 9.85. The van der Waals surface area contributed by atoms with Crippen LogP contribution in [0.4, 0.5) is 0 Å². The summed E-state index contributed by atoms with van der Waals surface area (Å²) < 4.78 is 0. The molecule has 0 amide bonds. The lowest BCUT2D eigenvalue weighted by molar-refractivity contribution is 0.590. The molecule has 80 valence electrons. The van der Waals surface area contributed by atoms with Crippen molar-refractivity contribution in [2.24, 2.45) is 0 Å². The molecule has 2 aromatic heterocycles. The molecular weight excluding hydrogens is 206 g/mol. The quantitative estimate of drug-likeness (QED) is 0.860. The van der Waals surface area contributed by atoms with Gasteiger partial charge in [-0.2, -0.15) is 0 Å². The Hall–Kier alpha value is -1.00. The van der Waals surface area contributed by atoms with Gasteiger partial charge < -0.3 is 5.32 Å². The topological polar surface area (TPSA) is 37.8 Å². The van der Waals surface area contributed by atoms with E-state index in [1.54, 1.807) is 11.3 Å². The number of nitrogens with zero attached hydrogens (tertiary/aromatic N) is 2. The van der Waals surface area contributed by atoms with Crippen LogP contribution in [0.1, 0.15) is 18.9 Å². The zero-order chi connectivity index (χ0) is 10.7. The van der Waals surface area contributed by atoms with Gasteiger partial charge >= 0.3 is 0 Å². The second-order valence-electron chi connectivity index (χ2n) is 3.79. The first-order chi connectivity index (χ1) is 7.25. The summed E-state index contributed by atoms with van der Waals surface area (Å²) >= 11 is 1.69. The van der Waals surface area contributed by atoms with E-state index in [2.05, 4.69) is 29.1 Å². The van der Waals surface area contributed by atoms with Crippen molar-refractivity contribution in [2.45, 2.75) is 26.3 Å². The maximum Gasteiger partial charge on any atom is 0.143 e. The molecule has 0 aliphatic carbocycles. The molecule has 0 bridgehead atoms. The highest BCUT2D eigenvalue weighted by molar-refractivity contribution is 7.18. The SMILES string of the molecule is CC(C)NCCc1nc2cccnc2s1. The molecule has 0 aliphatic heterocycles. The predicted octanol–water partition coefficient (Wildman–Crippen LogP) is 2.23. The minimum Gasteiger partial charge on any atom is -0.314 e. The zero-order valence-corrected chi connectivity index (χ0v) is 9.84. The molecule has 1 N–H and O–H groups in total. The number of thiazole rings is 1. The Balaban J connectivity index is 2.03. The predicted molar refractivity (Wildman–Crippen MR) is 64.3 cm³/mol. The lowest BCUT2D eigenvalue weighted by Crippen LogP contribution is -2.24. The second-order valence-corrected chi connectivity index (χ2v) is 4.86. The molecule has 0 radical (unpaired) electrons. The van der Waals surface area contributed by atoms with Crippen molar-refractivity contribution in [3.05, 3.63) is 23.3 Å². The minimum atomic E-state index is 0.539. The second kappa shape index (κ2) is 4.68. The van der Waals surface area contributed by atoms with Crippen LogP contribution in [0.2, 0.25) is 0 Å². The average molecular weight is 221 g/mol. The molecule has 0 unspecified atom stereocenters.